The van der Waals surface area contributed by atoms with Crippen LogP contribution >= 0.6 is 0 Å². The smallest absolute Gasteiger partial charge is 0.320 e. The van der Waals surface area contributed by atoms with E-state index in [9.17, 15) is 14.9 Å². The van der Waals surface area contributed by atoms with E-state index in [1.807, 2.05) is 31.9 Å². The van der Waals surface area contributed by atoms with E-state index in [-0.39, 0.29) is 40.9 Å². The van der Waals surface area contributed by atoms with Gasteiger partial charge >= 0.3 is 5.97 Å². The molecule has 0 bridgehead atoms. The first-order valence-electron chi connectivity index (χ1n) is 9.95. The first-order valence-corrected chi connectivity index (χ1v) is 9.95. The minimum Gasteiger partial charge on any atom is -0.462 e. The van der Waals surface area contributed by atoms with E-state index in [1.54, 1.807) is 0 Å². The highest BCUT2D eigenvalue weighted by molar-refractivity contribution is 5.71. The van der Waals surface area contributed by atoms with Gasteiger partial charge in [-0.1, -0.05) is 25.3 Å². The van der Waals surface area contributed by atoms with E-state index >= 15 is 0 Å². The molecule has 3 unspecified atom stereocenters. The highest BCUT2D eigenvalue weighted by atomic mass is 16.6. The molecule has 2 saturated carbocycles. The molecule has 26 heavy (non-hydrogen) atoms. The number of carbonyl (C=O) groups excluding carboxylic acids is 1. The van der Waals surface area contributed by atoms with Gasteiger partial charge in [-0.15, -0.1) is 6.58 Å². The lowest BCUT2D eigenvalue weighted by Gasteiger charge is -2.40. The maximum Gasteiger partial charge on any atom is 0.320 e. The normalized spacial score (nSPS) is 28.7. The van der Waals surface area contributed by atoms with Crippen molar-refractivity contribution in [2.75, 3.05) is 13.6 Å². The number of hydrogen-bond acceptors (Lipinski definition) is 5. The van der Waals surface area contributed by atoms with Gasteiger partial charge in [0.15, 0.2) is 0 Å². The highest BCUT2D eigenvalue weighted by Crippen LogP contribution is 2.50. The van der Waals surface area contributed by atoms with Gasteiger partial charge in [0.25, 0.3) is 0 Å². The molecule has 2 rings (SSSR count). The zero-order valence-corrected chi connectivity index (χ0v) is 16.5. The predicted octanol–water partition coefficient (Wildman–Crippen LogP) is 3.82. The summed E-state index contributed by atoms with van der Waals surface area (Å²) in [6.45, 7) is 7.91. The number of hydrogen-bond donors (Lipinski definition) is 0. The maximum absolute atomic E-state index is 12.1. The fourth-order valence-corrected chi connectivity index (χ4v) is 5.12. The average Bonchev–Trinajstić information content (AvgIpc) is 2.71. The summed E-state index contributed by atoms with van der Waals surface area (Å²) in [6, 6.07) is -0.387. The molecule has 0 amide bonds. The second-order valence-corrected chi connectivity index (χ2v) is 8.43. The first-order chi connectivity index (χ1) is 12.3. The molecule has 0 aliphatic heterocycles. The highest BCUT2D eigenvalue weighted by Gasteiger charge is 2.51. The van der Waals surface area contributed by atoms with Gasteiger partial charge in [-0.25, -0.2) is 0 Å². The van der Waals surface area contributed by atoms with Crippen molar-refractivity contribution in [1.82, 2.24) is 4.90 Å². The van der Waals surface area contributed by atoms with Crippen LogP contribution in [0.5, 0.6) is 0 Å². The van der Waals surface area contributed by atoms with E-state index in [2.05, 4.69) is 6.58 Å². The summed E-state index contributed by atoms with van der Waals surface area (Å²) >= 11 is 0. The van der Waals surface area contributed by atoms with Crippen LogP contribution in [0.2, 0.25) is 0 Å². The third-order valence-electron chi connectivity index (χ3n) is 6.30. The van der Waals surface area contributed by atoms with E-state index in [0.717, 1.165) is 38.5 Å². The fraction of sp³-hybridized carbons (Fsp3) is 0.850. The molecule has 3 atom stereocenters. The van der Waals surface area contributed by atoms with E-state index in [1.165, 1.54) is 6.42 Å². The Bertz CT molecular complexity index is 514. The molecule has 2 aliphatic rings. The van der Waals surface area contributed by atoms with Gasteiger partial charge in [-0.3, -0.25) is 19.8 Å². The van der Waals surface area contributed by atoms with Crippen LogP contribution in [0.1, 0.15) is 65.2 Å². The minimum absolute atomic E-state index is 0.0408. The Morgan fingerprint density at radius 1 is 1.35 bits per heavy atom. The Balaban J connectivity index is 2.18. The minimum atomic E-state index is -0.480. The molecule has 0 heterocycles. The lowest BCUT2D eigenvalue weighted by Crippen LogP contribution is -2.43. The molecule has 2 fully saturated rings. The largest absolute Gasteiger partial charge is 0.462 e. The van der Waals surface area contributed by atoms with Crippen LogP contribution in [0.25, 0.3) is 0 Å². The number of nitrogens with zero attached hydrogens (tertiary/aromatic N) is 2. The number of likely N-dealkylation sites (N-methyl/N-ethyl adjacent to an activating group) is 1. The molecule has 0 aromatic heterocycles. The third-order valence-corrected chi connectivity index (χ3v) is 6.30. The molecule has 0 aromatic carbocycles. The molecule has 2 aliphatic carbocycles. The summed E-state index contributed by atoms with van der Waals surface area (Å²) in [4.78, 5) is 25.9. The van der Waals surface area contributed by atoms with Crippen molar-refractivity contribution in [3.8, 4) is 0 Å². The lowest BCUT2D eigenvalue weighted by atomic mass is 9.65. The molecule has 0 aromatic rings. The van der Waals surface area contributed by atoms with Gasteiger partial charge < -0.3 is 4.74 Å². The summed E-state index contributed by atoms with van der Waals surface area (Å²) in [5, 5.41) is 11.8. The van der Waals surface area contributed by atoms with E-state index in [4.69, 9.17) is 4.74 Å². The van der Waals surface area contributed by atoms with Crippen molar-refractivity contribution in [3.05, 3.63) is 22.8 Å². The summed E-state index contributed by atoms with van der Waals surface area (Å²) in [7, 11) is 1.92. The molecule has 0 radical (unpaired) electrons. The summed E-state index contributed by atoms with van der Waals surface area (Å²) < 4.78 is 5.27. The zero-order chi connectivity index (χ0) is 19.3. The summed E-state index contributed by atoms with van der Waals surface area (Å²) in [5.41, 5.74) is -0.214. The number of ether oxygens (including phenoxy) is 1. The van der Waals surface area contributed by atoms with E-state index < -0.39 is 6.04 Å². The lowest BCUT2D eigenvalue weighted by molar-refractivity contribution is -0.545. The summed E-state index contributed by atoms with van der Waals surface area (Å²) in [5.74, 6) is -0.0809. The first kappa shape index (κ1) is 20.9. The SMILES string of the molecule is C=CC1CC2(CCCCC2)C([N+](=O)[O-])CCC1N(C)CC(=O)OC(C)C. The summed E-state index contributed by atoms with van der Waals surface area (Å²) in [6.07, 6.45) is 9.12. The Hall–Kier alpha value is -1.43. The average molecular weight is 367 g/mol. The second-order valence-electron chi connectivity index (χ2n) is 8.43. The molecule has 6 nitrogen and oxygen atoms in total. The molecule has 0 N–H and O–H groups in total. The van der Waals surface area contributed by atoms with Crippen molar-refractivity contribution in [3.63, 3.8) is 0 Å². The predicted molar refractivity (Wildman–Crippen MR) is 101 cm³/mol. The second kappa shape index (κ2) is 8.98. The van der Waals surface area contributed by atoms with Crippen molar-refractivity contribution in [1.29, 1.82) is 0 Å². The van der Waals surface area contributed by atoms with Crippen LogP contribution < -0.4 is 0 Å². The topological polar surface area (TPSA) is 72.7 Å². The molecule has 0 saturated heterocycles. The van der Waals surface area contributed by atoms with Crippen LogP contribution in [-0.2, 0) is 9.53 Å². The van der Waals surface area contributed by atoms with Crippen molar-refractivity contribution < 1.29 is 14.5 Å². The van der Waals surface area contributed by atoms with Crippen LogP contribution in [0, 0.1) is 21.4 Å². The molecule has 148 valence electrons. The number of rotatable bonds is 6. The van der Waals surface area contributed by atoms with Crippen molar-refractivity contribution in [2.45, 2.75) is 83.4 Å². The van der Waals surface area contributed by atoms with Crippen LogP contribution in [0.3, 0.4) is 0 Å². The van der Waals surface area contributed by atoms with Gasteiger partial charge in [0.1, 0.15) is 0 Å². The molecule has 1 spiro atoms. The molecular formula is C20H34N2O4. The van der Waals surface area contributed by atoms with Gasteiger partial charge in [0, 0.05) is 22.8 Å². The molecule has 6 heteroatoms. The Morgan fingerprint density at radius 3 is 2.54 bits per heavy atom. The zero-order valence-electron chi connectivity index (χ0n) is 16.5. The van der Waals surface area contributed by atoms with Gasteiger partial charge in [-0.05, 0) is 52.5 Å². The third kappa shape index (κ3) is 4.84. The Labute approximate surface area is 157 Å². The van der Waals surface area contributed by atoms with Crippen molar-refractivity contribution in [2.24, 2.45) is 11.3 Å². The van der Waals surface area contributed by atoms with Gasteiger partial charge in [-0.2, -0.15) is 0 Å². The maximum atomic E-state index is 12.1. The van der Waals surface area contributed by atoms with Crippen LogP contribution in [0.4, 0.5) is 0 Å². The number of esters is 1. The van der Waals surface area contributed by atoms with Gasteiger partial charge in [0.05, 0.1) is 12.6 Å². The Kier molecular flexibility index (Phi) is 7.21. The molecular weight excluding hydrogens is 332 g/mol. The monoisotopic (exact) mass is 366 g/mol. The Morgan fingerprint density at radius 2 is 2.00 bits per heavy atom. The standard InChI is InChI=1S/C20H34N2O4/c1-5-16-13-20(11-7-6-8-12-20)18(22(24)25)10-9-17(16)21(4)14-19(23)26-15(2)3/h5,15-18H,1,6-14H2,2-4H3. The van der Waals surface area contributed by atoms with Crippen molar-refractivity contribution >= 4 is 5.97 Å². The van der Waals surface area contributed by atoms with E-state index in [0.29, 0.717) is 6.42 Å². The fourth-order valence-electron chi connectivity index (χ4n) is 5.12. The number of carbonyl (C=O) groups is 1. The number of nitro groups is 1. The van der Waals surface area contributed by atoms with Crippen LogP contribution in [0.15, 0.2) is 12.7 Å². The quantitative estimate of drug-likeness (QED) is 0.309. The van der Waals surface area contributed by atoms with Crippen LogP contribution in [-0.4, -0.2) is 47.6 Å². The van der Waals surface area contributed by atoms with Gasteiger partial charge in [0.2, 0.25) is 6.04 Å².